The summed E-state index contributed by atoms with van der Waals surface area (Å²) >= 11 is 4.61. The SMILES string of the molecule is COc1cc(OCc2csc(-c3ccc(C(=O)N4CCCN(CCO)CC4)cc3)n2)c2sc(-c3cn4nc(C)sc4n3)nc2c1. The van der Waals surface area contributed by atoms with Crippen LogP contribution in [0.3, 0.4) is 0 Å². The van der Waals surface area contributed by atoms with E-state index in [2.05, 4.69) is 10.00 Å². The van der Waals surface area contributed by atoms with Crippen LogP contribution in [0.15, 0.2) is 48.0 Å². The van der Waals surface area contributed by atoms with Crippen LogP contribution in [0, 0.1) is 6.92 Å². The van der Waals surface area contributed by atoms with Gasteiger partial charge in [-0.15, -0.1) is 22.7 Å². The van der Waals surface area contributed by atoms with Gasteiger partial charge in [0.05, 0.1) is 35.8 Å². The number of methoxy groups -OCH3 is 1. The van der Waals surface area contributed by atoms with Crippen molar-refractivity contribution in [3.05, 3.63) is 64.2 Å². The highest BCUT2D eigenvalue weighted by atomic mass is 32.1. The van der Waals surface area contributed by atoms with Crippen LogP contribution in [0.4, 0.5) is 0 Å². The van der Waals surface area contributed by atoms with Crippen molar-refractivity contribution in [1.82, 2.24) is 34.4 Å². The number of ether oxygens (including phenoxy) is 2. The molecule has 1 aliphatic heterocycles. The Morgan fingerprint density at radius 2 is 1.89 bits per heavy atom. The zero-order valence-corrected chi connectivity index (χ0v) is 27.3. The monoisotopic (exact) mass is 661 g/mol. The van der Waals surface area contributed by atoms with E-state index in [1.165, 1.54) is 11.3 Å². The average Bonchev–Trinajstić information content (AvgIpc) is 3.81. The minimum absolute atomic E-state index is 0.0379. The number of β-amino-alcohol motifs (C(OH)–C–C–N with tert-alkyl or cyclic N) is 1. The zero-order valence-electron chi connectivity index (χ0n) is 24.8. The number of hydrogen-bond donors (Lipinski definition) is 1. The van der Waals surface area contributed by atoms with Crippen LogP contribution < -0.4 is 9.47 Å². The van der Waals surface area contributed by atoms with Crippen molar-refractivity contribution in [1.29, 1.82) is 0 Å². The topological polar surface area (TPSA) is 118 Å². The molecule has 1 N–H and O–H groups in total. The Morgan fingerprint density at radius 1 is 1.02 bits per heavy atom. The van der Waals surface area contributed by atoms with E-state index in [4.69, 9.17) is 24.4 Å². The number of aliphatic hydroxyl groups excluding tert-OH is 1. The van der Waals surface area contributed by atoms with Crippen molar-refractivity contribution in [3.8, 4) is 32.8 Å². The predicted octanol–water partition coefficient (Wildman–Crippen LogP) is 5.23. The van der Waals surface area contributed by atoms with E-state index in [0.29, 0.717) is 30.2 Å². The van der Waals surface area contributed by atoms with Gasteiger partial charge < -0.3 is 19.5 Å². The highest BCUT2D eigenvalue weighted by Gasteiger charge is 2.21. The molecule has 232 valence electrons. The Kier molecular flexibility index (Phi) is 8.47. The standard InChI is InChI=1S/C31H31N7O4S3/c1-19-35-38-16-25(34-31(38)44-19)29-33-24-14-23(41-2)15-26(27(24)45-29)42-17-22-18-43-28(32-22)20-4-6-21(7-5-20)30(40)37-9-3-8-36(10-11-37)12-13-39/h4-7,14-16,18,39H,3,8-13,17H2,1-2H3. The number of fused-ring (bicyclic) bond motifs is 2. The van der Waals surface area contributed by atoms with E-state index in [9.17, 15) is 9.90 Å². The first-order valence-corrected chi connectivity index (χ1v) is 17.1. The maximum absolute atomic E-state index is 13.2. The third-order valence-electron chi connectivity index (χ3n) is 7.63. The van der Waals surface area contributed by atoms with Gasteiger partial charge in [0.1, 0.15) is 38.8 Å². The summed E-state index contributed by atoms with van der Waals surface area (Å²) in [5, 5.41) is 18.3. The molecule has 1 saturated heterocycles. The number of hydrogen-bond acceptors (Lipinski definition) is 12. The molecule has 2 aromatic carbocycles. The van der Waals surface area contributed by atoms with Gasteiger partial charge in [0.2, 0.25) is 4.96 Å². The van der Waals surface area contributed by atoms with Gasteiger partial charge in [0.25, 0.3) is 5.91 Å². The molecule has 1 amide bonds. The lowest BCUT2D eigenvalue weighted by Gasteiger charge is -2.21. The van der Waals surface area contributed by atoms with Crippen LogP contribution in [0.5, 0.6) is 11.5 Å². The molecule has 0 atom stereocenters. The number of benzene rings is 2. The van der Waals surface area contributed by atoms with Gasteiger partial charge in [-0.1, -0.05) is 23.5 Å². The number of thiazole rings is 2. The fraction of sp³-hybridized carbons (Fsp3) is 0.323. The minimum Gasteiger partial charge on any atom is -0.497 e. The van der Waals surface area contributed by atoms with Crippen molar-refractivity contribution in [3.63, 3.8) is 0 Å². The number of imidazole rings is 1. The third-order valence-corrected chi connectivity index (χ3v) is 10.5. The average molecular weight is 662 g/mol. The summed E-state index contributed by atoms with van der Waals surface area (Å²) in [6.45, 7) is 6.10. The minimum atomic E-state index is 0.0379. The molecule has 0 aliphatic carbocycles. The molecule has 1 aliphatic rings. The molecule has 0 saturated carbocycles. The number of nitrogens with zero attached hydrogens (tertiary/aromatic N) is 7. The summed E-state index contributed by atoms with van der Waals surface area (Å²) in [4.78, 5) is 32.4. The molecular formula is C31H31N7O4S3. The van der Waals surface area contributed by atoms with Crippen LogP contribution in [0.1, 0.15) is 27.5 Å². The predicted molar refractivity (Wildman–Crippen MR) is 177 cm³/mol. The second kappa shape index (κ2) is 12.8. The molecule has 5 heterocycles. The van der Waals surface area contributed by atoms with Crippen molar-refractivity contribution in [2.24, 2.45) is 0 Å². The fourth-order valence-electron chi connectivity index (χ4n) is 5.35. The number of amides is 1. The van der Waals surface area contributed by atoms with Gasteiger partial charge in [0.15, 0.2) is 0 Å². The van der Waals surface area contributed by atoms with Gasteiger partial charge >= 0.3 is 0 Å². The lowest BCUT2D eigenvalue weighted by Crippen LogP contribution is -2.35. The van der Waals surface area contributed by atoms with Crippen LogP contribution >= 0.6 is 34.0 Å². The van der Waals surface area contributed by atoms with Gasteiger partial charge in [-0.3, -0.25) is 9.69 Å². The summed E-state index contributed by atoms with van der Waals surface area (Å²) in [7, 11) is 1.63. The highest BCUT2D eigenvalue weighted by molar-refractivity contribution is 7.22. The number of rotatable bonds is 9. The lowest BCUT2D eigenvalue weighted by atomic mass is 10.1. The fourth-order valence-corrected chi connectivity index (χ4v) is 7.85. The Labute approximate surface area is 271 Å². The van der Waals surface area contributed by atoms with Crippen LogP contribution in [0.25, 0.3) is 36.5 Å². The molecule has 11 nitrogen and oxygen atoms in total. The number of carbonyl (C=O) groups is 1. The molecule has 45 heavy (non-hydrogen) atoms. The first-order chi connectivity index (χ1) is 22.0. The van der Waals surface area contributed by atoms with E-state index in [1.807, 2.05) is 59.8 Å². The Hall–Kier alpha value is -3.95. The molecule has 0 radical (unpaired) electrons. The summed E-state index contributed by atoms with van der Waals surface area (Å²) in [6.07, 6.45) is 2.80. The maximum atomic E-state index is 13.2. The molecule has 0 spiro atoms. The van der Waals surface area contributed by atoms with Crippen LogP contribution in [-0.4, -0.2) is 91.8 Å². The van der Waals surface area contributed by atoms with Gasteiger partial charge in [0, 0.05) is 54.8 Å². The molecule has 0 unspecified atom stereocenters. The van der Waals surface area contributed by atoms with Gasteiger partial charge in [-0.05, 0) is 32.0 Å². The number of aryl methyl sites for hydroxylation is 1. The molecule has 1 fully saturated rings. The van der Waals surface area contributed by atoms with Crippen molar-refractivity contribution >= 4 is 55.1 Å². The molecule has 4 aromatic heterocycles. The molecular weight excluding hydrogens is 631 g/mol. The van der Waals surface area contributed by atoms with E-state index < -0.39 is 0 Å². The Morgan fingerprint density at radius 3 is 2.69 bits per heavy atom. The quantitative estimate of drug-likeness (QED) is 0.222. The second-order valence-electron chi connectivity index (χ2n) is 10.7. The van der Waals surface area contributed by atoms with E-state index in [1.54, 1.807) is 34.3 Å². The van der Waals surface area contributed by atoms with E-state index in [-0.39, 0.29) is 19.1 Å². The summed E-state index contributed by atoms with van der Waals surface area (Å²) in [6, 6.07) is 11.4. The van der Waals surface area contributed by atoms with Crippen molar-refractivity contribution in [2.75, 3.05) is 46.4 Å². The summed E-state index contributed by atoms with van der Waals surface area (Å²) in [5.74, 6) is 1.37. The molecule has 7 rings (SSSR count). The number of aliphatic hydroxyl groups is 1. The third kappa shape index (κ3) is 6.29. The van der Waals surface area contributed by atoms with Crippen LogP contribution in [-0.2, 0) is 6.61 Å². The normalized spacial score (nSPS) is 14.3. The number of aromatic nitrogens is 5. The summed E-state index contributed by atoms with van der Waals surface area (Å²) in [5.41, 5.74) is 3.98. The zero-order chi connectivity index (χ0) is 30.9. The Bertz CT molecular complexity index is 1930. The number of carbonyl (C=O) groups excluding carboxylic acids is 1. The molecule has 6 aromatic rings. The Balaban J connectivity index is 1.04. The van der Waals surface area contributed by atoms with Gasteiger partial charge in [-0.2, -0.15) is 5.10 Å². The molecule has 14 heteroatoms. The van der Waals surface area contributed by atoms with Crippen molar-refractivity contribution in [2.45, 2.75) is 20.0 Å². The first-order valence-electron chi connectivity index (χ1n) is 14.6. The van der Waals surface area contributed by atoms with E-state index >= 15 is 0 Å². The highest BCUT2D eigenvalue weighted by Crippen LogP contribution is 2.39. The van der Waals surface area contributed by atoms with Gasteiger partial charge in [-0.25, -0.2) is 19.5 Å². The lowest BCUT2D eigenvalue weighted by molar-refractivity contribution is 0.0760. The second-order valence-corrected chi connectivity index (χ2v) is 13.7. The maximum Gasteiger partial charge on any atom is 0.253 e. The van der Waals surface area contributed by atoms with E-state index in [0.717, 1.165) is 73.2 Å². The first kappa shape index (κ1) is 29.7. The smallest absolute Gasteiger partial charge is 0.253 e. The van der Waals surface area contributed by atoms with Crippen LogP contribution in [0.2, 0.25) is 0 Å². The largest absolute Gasteiger partial charge is 0.497 e. The molecule has 0 bridgehead atoms. The summed E-state index contributed by atoms with van der Waals surface area (Å²) < 4.78 is 14.5. The van der Waals surface area contributed by atoms with Crippen molar-refractivity contribution < 1.29 is 19.4 Å².